The second-order valence-electron chi connectivity index (χ2n) is 4.73. The van der Waals surface area contributed by atoms with E-state index in [1.165, 1.54) is 7.11 Å². The Labute approximate surface area is 90.6 Å². The van der Waals surface area contributed by atoms with Crippen molar-refractivity contribution in [3.05, 3.63) is 0 Å². The lowest BCUT2D eigenvalue weighted by molar-refractivity contribution is -0.156. The van der Waals surface area contributed by atoms with Gasteiger partial charge in [-0.3, -0.25) is 9.59 Å². The molecule has 0 aliphatic carbocycles. The molecule has 0 aromatic rings. The maximum atomic E-state index is 12.1. The topological polar surface area (TPSA) is 46.6 Å². The van der Waals surface area contributed by atoms with E-state index in [4.69, 9.17) is 0 Å². The molecule has 0 N–H and O–H groups in total. The van der Waals surface area contributed by atoms with Gasteiger partial charge < -0.3 is 9.64 Å². The largest absolute Gasteiger partial charge is 0.468 e. The maximum absolute atomic E-state index is 12.1. The lowest BCUT2D eigenvalue weighted by Crippen LogP contribution is -2.39. The Morgan fingerprint density at radius 2 is 2.00 bits per heavy atom. The van der Waals surface area contributed by atoms with Gasteiger partial charge >= 0.3 is 5.97 Å². The van der Waals surface area contributed by atoms with Crippen molar-refractivity contribution in [2.24, 2.45) is 11.3 Å². The summed E-state index contributed by atoms with van der Waals surface area (Å²) in [7, 11) is 3.30. The molecule has 0 amide bonds. The molecule has 1 atom stereocenters. The minimum absolute atomic E-state index is 0.00120. The van der Waals surface area contributed by atoms with Gasteiger partial charge in [-0.1, -0.05) is 0 Å². The van der Waals surface area contributed by atoms with Crippen molar-refractivity contribution in [2.45, 2.75) is 20.3 Å². The number of Topliss-reactive ketones (excluding diaryl/α,β-unsaturated/α-hetero) is 1. The summed E-state index contributed by atoms with van der Waals surface area (Å²) < 4.78 is 4.65. The molecular formula is C11H19NO3. The van der Waals surface area contributed by atoms with Crippen LogP contribution in [0.1, 0.15) is 20.3 Å². The third-order valence-corrected chi connectivity index (χ3v) is 3.07. The van der Waals surface area contributed by atoms with Crippen LogP contribution in [0, 0.1) is 11.3 Å². The lowest BCUT2D eigenvalue weighted by Gasteiger charge is -2.23. The molecule has 1 unspecified atom stereocenters. The molecule has 15 heavy (non-hydrogen) atoms. The van der Waals surface area contributed by atoms with Crippen molar-refractivity contribution in [3.63, 3.8) is 0 Å². The second-order valence-corrected chi connectivity index (χ2v) is 4.73. The van der Waals surface area contributed by atoms with Gasteiger partial charge in [-0.2, -0.15) is 0 Å². The summed E-state index contributed by atoms with van der Waals surface area (Å²) >= 11 is 0. The molecule has 0 aromatic heterocycles. The number of nitrogens with zero attached hydrogens (tertiary/aromatic N) is 1. The molecule has 86 valence electrons. The van der Waals surface area contributed by atoms with Crippen LogP contribution in [0.25, 0.3) is 0 Å². The quantitative estimate of drug-likeness (QED) is 0.511. The summed E-state index contributed by atoms with van der Waals surface area (Å²) in [5.74, 6) is -0.468. The fourth-order valence-electron chi connectivity index (χ4n) is 2.02. The van der Waals surface area contributed by atoms with E-state index in [1.807, 2.05) is 7.05 Å². The molecule has 4 heteroatoms. The Balaban J connectivity index is 2.71. The molecule has 1 aliphatic heterocycles. The highest BCUT2D eigenvalue weighted by atomic mass is 16.5. The number of methoxy groups -OCH3 is 1. The molecule has 0 aromatic carbocycles. The highest BCUT2D eigenvalue weighted by Crippen LogP contribution is 2.27. The fourth-order valence-corrected chi connectivity index (χ4v) is 2.02. The third-order valence-electron chi connectivity index (χ3n) is 3.07. The van der Waals surface area contributed by atoms with Crippen LogP contribution in [-0.4, -0.2) is 43.9 Å². The zero-order chi connectivity index (χ0) is 11.6. The Bertz CT molecular complexity index is 273. The summed E-state index contributed by atoms with van der Waals surface area (Å²) in [5, 5.41) is 0. The van der Waals surface area contributed by atoms with Crippen LogP contribution < -0.4 is 0 Å². The maximum Gasteiger partial charge on any atom is 0.318 e. The van der Waals surface area contributed by atoms with Gasteiger partial charge in [-0.25, -0.2) is 0 Å². The van der Waals surface area contributed by atoms with Crippen LogP contribution in [0.5, 0.6) is 0 Å². The van der Waals surface area contributed by atoms with Crippen LogP contribution in [0.2, 0.25) is 0 Å². The molecule has 0 radical (unpaired) electrons. The molecule has 1 rings (SSSR count). The van der Waals surface area contributed by atoms with Crippen molar-refractivity contribution in [1.29, 1.82) is 0 Å². The van der Waals surface area contributed by atoms with E-state index in [-0.39, 0.29) is 11.7 Å². The number of esters is 1. The zero-order valence-electron chi connectivity index (χ0n) is 9.87. The standard InChI is InChI=1S/C11H19NO3/c1-11(2,10(14)15-4)9(13)8-5-6-12(3)7-8/h8H,5-7H2,1-4H3. The second kappa shape index (κ2) is 4.31. The molecule has 4 nitrogen and oxygen atoms in total. The van der Waals surface area contributed by atoms with Crippen molar-refractivity contribution in [3.8, 4) is 0 Å². The van der Waals surface area contributed by atoms with Crippen molar-refractivity contribution in [2.75, 3.05) is 27.2 Å². The Morgan fingerprint density at radius 3 is 2.40 bits per heavy atom. The van der Waals surface area contributed by atoms with Gasteiger partial charge in [0, 0.05) is 12.5 Å². The summed E-state index contributed by atoms with van der Waals surface area (Å²) in [4.78, 5) is 25.6. The average molecular weight is 213 g/mol. The first-order valence-corrected chi connectivity index (χ1v) is 5.21. The number of carbonyl (C=O) groups excluding carboxylic acids is 2. The molecule has 1 aliphatic rings. The minimum atomic E-state index is -1.01. The highest BCUT2D eigenvalue weighted by molar-refractivity contribution is 6.04. The average Bonchev–Trinajstić information content (AvgIpc) is 2.62. The smallest absolute Gasteiger partial charge is 0.318 e. The lowest BCUT2D eigenvalue weighted by atomic mass is 9.81. The molecule has 1 heterocycles. The Hall–Kier alpha value is -0.900. The van der Waals surface area contributed by atoms with Crippen molar-refractivity contribution >= 4 is 11.8 Å². The Kier molecular flexibility index (Phi) is 3.50. The number of hydrogen-bond donors (Lipinski definition) is 0. The fraction of sp³-hybridized carbons (Fsp3) is 0.818. The van der Waals surface area contributed by atoms with E-state index in [9.17, 15) is 9.59 Å². The SMILES string of the molecule is COC(=O)C(C)(C)C(=O)C1CCN(C)C1. The zero-order valence-corrected chi connectivity index (χ0v) is 9.87. The predicted octanol–water partition coefficient (Wildman–Crippen LogP) is 0.706. The van der Waals surface area contributed by atoms with E-state index in [2.05, 4.69) is 9.64 Å². The van der Waals surface area contributed by atoms with Crippen molar-refractivity contribution < 1.29 is 14.3 Å². The highest BCUT2D eigenvalue weighted by Gasteiger charge is 2.42. The summed E-state index contributed by atoms with van der Waals surface area (Å²) in [5.41, 5.74) is -1.01. The normalized spacial score (nSPS) is 22.8. The van der Waals surface area contributed by atoms with E-state index >= 15 is 0 Å². The van der Waals surface area contributed by atoms with Gasteiger partial charge in [0.1, 0.15) is 5.41 Å². The molecule has 0 spiro atoms. The van der Waals surface area contributed by atoms with Crippen LogP contribution in [-0.2, 0) is 14.3 Å². The number of hydrogen-bond acceptors (Lipinski definition) is 4. The van der Waals surface area contributed by atoms with Crippen LogP contribution in [0.3, 0.4) is 0 Å². The number of ether oxygens (including phenoxy) is 1. The van der Waals surface area contributed by atoms with Crippen LogP contribution in [0.15, 0.2) is 0 Å². The van der Waals surface area contributed by atoms with Gasteiger partial charge in [0.05, 0.1) is 7.11 Å². The van der Waals surface area contributed by atoms with Gasteiger partial charge in [0.2, 0.25) is 0 Å². The molecule has 1 saturated heterocycles. The summed E-state index contributed by atoms with van der Waals surface area (Å²) in [6, 6.07) is 0. The van der Waals surface area contributed by atoms with E-state index in [1.54, 1.807) is 13.8 Å². The van der Waals surface area contributed by atoms with E-state index in [0.29, 0.717) is 0 Å². The van der Waals surface area contributed by atoms with Gasteiger partial charge in [0.15, 0.2) is 5.78 Å². The molecule has 0 bridgehead atoms. The number of rotatable bonds is 3. The molecule has 1 fully saturated rings. The molecular weight excluding hydrogens is 194 g/mol. The first kappa shape index (κ1) is 12.2. The van der Waals surface area contributed by atoms with Crippen LogP contribution >= 0.6 is 0 Å². The third kappa shape index (κ3) is 2.37. The molecule has 0 saturated carbocycles. The van der Waals surface area contributed by atoms with Gasteiger partial charge in [-0.15, -0.1) is 0 Å². The summed E-state index contributed by atoms with van der Waals surface area (Å²) in [6.45, 7) is 4.95. The summed E-state index contributed by atoms with van der Waals surface area (Å²) in [6.07, 6.45) is 0.843. The monoisotopic (exact) mass is 213 g/mol. The minimum Gasteiger partial charge on any atom is -0.468 e. The predicted molar refractivity (Wildman–Crippen MR) is 56.4 cm³/mol. The Morgan fingerprint density at radius 1 is 1.40 bits per heavy atom. The van der Waals surface area contributed by atoms with Gasteiger partial charge in [0.25, 0.3) is 0 Å². The first-order valence-electron chi connectivity index (χ1n) is 5.21. The van der Waals surface area contributed by atoms with Gasteiger partial charge in [-0.05, 0) is 33.9 Å². The van der Waals surface area contributed by atoms with E-state index in [0.717, 1.165) is 19.5 Å². The number of likely N-dealkylation sites (tertiary alicyclic amines) is 1. The number of carbonyl (C=O) groups is 2. The van der Waals surface area contributed by atoms with Crippen LogP contribution in [0.4, 0.5) is 0 Å². The van der Waals surface area contributed by atoms with E-state index < -0.39 is 11.4 Å². The first-order chi connectivity index (χ1) is 6.89. The number of ketones is 1. The van der Waals surface area contributed by atoms with Crippen molar-refractivity contribution in [1.82, 2.24) is 4.90 Å².